The van der Waals surface area contributed by atoms with Crippen LogP contribution in [0.15, 0.2) is 70.2 Å². The number of halogens is 3. The Morgan fingerprint density at radius 3 is 2.52 bits per heavy atom. The quantitative estimate of drug-likeness (QED) is 0.233. The lowest BCUT2D eigenvalue weighted by Crippen LogP contribution is -2.17. The second-order valence-electron chi connectivity index (χ2n) is 6.22. The molecule has 158 valence electrons. The van der Waals surface area contributed by atoms with Gasteiger partial charge in [0.1, 0.15) is 12.4 Å². The highest BCUT2D eigenvalue weighted by Crippen LogP contribution is 2.28. The smallest absolute Gasteiger partial charge is 0.271 e. The summed E-state index contributed by atoms with van der Waals surface area (Å²) in [6, 6.07) is 15.7. The number of carbonyl (C=O) groups is 1. The maximum Gasteiger partial charge on any atom is 0.271 e. The van der Waals surface area contributed by atoms with Gasteiger partial charge in [-0.05, 0) is 64.0 Å². The van der Waals surface area contributed by atoms with Crippen molar-refractivity contribution >= 4 is 56.9 Å². The summed E-state index contributed by atoms with van der Waals surface area (Å²) in [4.78, 5) is 22.2. The monoisotopic (exact) mass is 521 g/mol. The number of hydrogen-bond donors (Lipinski definition) is 1. The van der Waals surface area contributed by atoms with Gasteiger partial charge < -0.3 is 4.74 Å². The largest absolute Gasteiger partial charge is 0.488 e. The highest BCUT2D eigenvalue weighted by atomic mass is 79.9. The van der Waals surface area contributed by atoms with E-state index in [2.05, 4.69) is 26.5 Å². The van der Waals surface area contributed by atoms with E-state index in [0.29, 0.717) is 25.8 Å². The molecule has 0 spiro atoms. The van der Waals surface area contributed by atoms with Gasteiger partial charge in [-0.15, -0.1) is 0 Å². The minimum absolute atomic E-state index is 0.0921. The molecular formula is C21H14BrCl2N3O4. The van der Waals surface area contributed by atoms with Gasteiger partial charge in [0, 0.05) is 33.3 Å². The van der Waals surface area contributed by atoms with Crippen LogP contribution in [0.2, 0.25) is 10.0 Å². The molecule has 3 aromatic rings. The number of nitrogens with zero attached hydrogens (tertiary/aromatic N) is 2. The van der Waals surface area contributed by atoms with Crippen molar-refractivity contribution in [2.75, 3.05) is 0 Å². The van der Waals surface area contributed by atoms with Crippen molar-refractivity contribution in [3.63, 3.8) is 0 Å². The summed E-state index contributed by atoms with van der Waals surface area (Å²) in [5.41, 5.74) is 4.06. The van der Waals surface area contributed by atoms with Crippen LogP contribution >= 0.6 is 39.1 Å². The van der Waals surface area contributed by atoms with E-state index in [1.165, 1.54) is 30.5 Å². The molecule has 31 heavy (non-hydrogen) atoms. The lowest BCUT2D eigenvalue weighted by molar-refractivity contribution is -0.384. The number of non-ortho nitro benzene ring substituents is 1. The van der Waals surface area contributed by atoms with Gasteiger partial charge in [-0.1, -0.05) is 29.3 Å². The third-order valence-corrected chi connectivity index (χ3v) is 5.28. The minimum Gasteiger partial charge on any atom is -0.488 e. The summed E-state index contributed by atoms with van der Waals surface area (Å²) in [5, 5.41) is 15.6. The number of amides is 1. The predicted molar refractivity (Wildman–Crippen MR) is 123 cm³/mol. The summed E-state index contributed by atoms with van der Waals surface area (Å²) in [5.74, 6) is 0.128. The summed E-state index contributed by atoms with van der Waals surface area (Å²) in [6.45, 7) is 0.271. The highest BCUT2D eigenvalue weighted by molar-refractivity contribution is 9.10. The number of hydrazone groups is 1. The number of rotatable bonds is 7. The minimum atomic E-state index is -0.533. The van der Waals surface area contributed by atoms with E-state index in [-0.39, 0.29) is 17.9 Å². The topological polar surface area (TPSA) is 93.8 Å². The van der Waals surface area contributed by atoms with Gasteiger partial charge in [0.25, 0.3) is 11.6 Å². The first-order valence-electron chi connectivity index (χ1n) is 8.77. The molecule has 0 unspecified atom stereocenters. The average molecular weight is 523 g/mol. The summed E-state index contributed by atoms with van der Waals surface area (Å²) in [6.07, 6.45) is 1.47. The van der Waals surface area contributed by atoms with Crippen molar-refractivity contribution in [2.45, 2.75) is 6.61 Å². The van der Waals surface area contributed by atoms with Gasteiger partial charge >= 0.3 is 0 Å². The van der Waals surface area contributed by atoms with Crippen LogP contribution in [0.4, 0.5) is 5.69 Å². The average Bonchev–Trinajstić information content (AvgIpc) is 2.74. The summed E-state index contributed by atoms with van der Waals surface area (Å²) in [7, 11) is 0. The fourth-order valence-corrected chi connectivity index (χ4v) is 3.45. The van der Waals surface area contributed by atoms with Crippen LogP contribution in [0, 0.1) is 10.1 Å². The first-order valence-corrected chi connectivity index (χ1v) is 10.3. The van der Waals surface area contributed by atoms with Crippen LogP contribution in [0.25, 0.3) is 0 Å². The molecule has 7 nitrogen and oxygen atoms in total. The van der Waals surface area contributed by atoms with Crippen LogP contribution in [0.1, 0.15) is 21.5 Å². The van der Waals surface area contributed by atoms with Crippen molar-refractivity contribution in [3.05, 3.63) is 102 Å². The maximum atomic E-state index is 12.1. The van der Waals surface area contributed by atoms with Crippen molar-refractivity contribution in [2.24, 2.45) is 5.10 Å². The van der Waals surface area contributed by atoms with Gasteiger partial charge in [0.05, 0.1) is 15.6 Å². The molecule has 1 N–H and O–H groups in total. The van der Waals surface area contributed by atoms with E-state index in [1.807, 2.05) is 0 Å². The zero-order valence-electron chi connectivity index (χ0n) is 15.7. The van der Waals surface area contributed by atoms with Gasteiger partial charge in [0.2, 0.25) is 0 Å². The van der Waals surface area contributed by atoms with E-state index < -0.39 is 10.8 Å². The molecule has 0 saturated heterocycles. The number of hydrogen-bond acceptors (Lipinski definition) is 5. The van der Waals surface area contributed by atoms with Crippen LogP contribution in [0.3, 0.4) is 0 Å². The van der Waals surface area contributed by atoms with Crippen molar-refractivity contribution in [1.82, 2.24) is 5.43 Å². The third-order valence-electron chi connectivity index (χ3n) is 4.07. The molecule has 0 bridgehead atoms. The standard InChI is InChI=1S/C21H14BrCl2N3O4/c22-18-9-13(1-8-20(18)31-12-15-2-5-16(23)10-19(15)24)11-25-26-21(28)14-3-6-17(7-4-14)27(29)30/h1-11H,12H2,(H,26,28)/b25-11+. The van der Waals surface area contributed by atoms with Crippen LogP contribution in [-0.4, -0.2) is 17.0 Å². The molecule has 3 rings (SSSR count). The zero-order valence-corrected chi connectivity index (χ0v) is 18.8. The molecule has 0 fully saturated rings. The van der Waals surface area contributed by atoms with Crippen LogP contribution < -0.4 is 10.2 Å². The van der Waals surface area contributed by atoms with Crippen LogP contribution in [-0.2, 0) is 6.61 Å². The Morgan fingerprint density at radius 2 is 1.87 bits per heavy atom. The number of carbonyl (C=O) groups excluding carboxylic acids is 1. The van der Waals surface area contributed by atoms with Gasteiger partial charge in [0.15, 0.2) is 0 Å². The third kappa shape index (κ3) is 6.27. The molecule has 0 saturated carbocycles. The molecule has 3 aromatic carbocycles. The Kier molecular flexibility index (Phi) is 7.62. The van der Waals surface area contributed by atoms with Gasteiger partial charge in [-0.2, -0.15) is 5.10 Å². The molecule has 0 aliphatic carbocycles. The zero-order chi connectivity index (χ0) is 22.4. The summed E-state index contributed by atoms with van der Waals surface area (Å²) >= 11 is 15.5. The Balaban J connectivity index is 1.58. The van der Waals surface area contributed by atoms with E-state index >= 15 is 0 Å². The number of benzene rings is 3. The molecule has 0 aliphatic heterocycles. The first-order chi connectivity index (χ1) is 14.8. The number of nitrogens with one attached hydrogen (secondary N) is 1. The Labute approximate surface area is 195 Å². The van der Waals surface area contributed by atoms with Gasteiger partial charge in [-0.3, -0.25) is 14.9 Å². The summed E-state index contributed by atoms with van der Waals surface area (Å²) < 4.78 is 6.49. The van der Waals surface area contributed by atoms with Crippen LogP contribution in [0.5, 0.6) is 5.75 Å². The van der Waals surface area contributed by atoms with Crippen molar-refractivity contribution in [3.8, 4) is 5.75 Å². The normalized spacial score (nSPS) is 10.8. The molecule has 0 aromatic heterocycles. The maximum absolute atomic E-state index is 12.1. The van der Waals surface area contributed by atoms with Crippen molar-refractivity contribution in [1.29, 1.82) is 0 Å². The lowest BCUT2D eigenvalue weighted by Gasteiger charge is -2.10. The first kappa shape index (κ1) is 22.7. The van der Waals surface area contributed by atoms with Gasteiger partial charge in [-0.25, -0.2) is 5.43 Å². The van der Waals surface area contributed by atoms with E-state index in [0.717, 1.165) is 5.56 Å². The Hall–Kier alpha value is -2.94. The van der Waals surface area contributed by atoms with E-state index in [4.69, 9.17) is 27.9 Å². The number of nitro benzene ring substituents is 1. The molecule has 10 heteroatoms. The predicted octanol–water partition coefficient (Wildman–Crippen LogP) is 6.01. The van der Waals surface area contributed by atoms with E-state index in [9.17, 15) is 14.9 Å². The fourth-order valence-electron chi connectivity index (χ4n) is 2.47. The molecule has 0 heterocycles. The highest BCUT2D eigenvalue weighted by Gasteiger charge is 2.09. The van der Waals surface area contributed by atoms with E-state index in [1.54, 1.807) is 36.4 Å². The number of ether oxygens (including phenoxy) is 1. The fraction of sp³-hybridized carbons (Fsp3) is 0.0476. The lowest BCUT2D eigenvalue weighted by atomic mass is 10.2. The number of nitro groups is 1. The Bertz CT molecular complexity index is 1150. The molecule has 0 atom stereocenters. The second-order valence-corrected chi connectivity index (χ2v) is 7.92. The Morgan fingerprint density at radius 1 is 1.13 bits per heavy atom. The molecule has 1 amide bonds. The molecular weight excluding hydrogens is 509 g/mol. The molecule has 0 aliphatic rings. The molecule has 0 radical (unpaired) electrons. The SMILES string of the molecule is O=C(N/N=C/c1ccc(OCc2ccc(Cl)cc2Cl)c(Br)c1)c1ccc([N+](=O)[O-])cc1. The second kappa shape index (κ2) is 10.4. The van der Waals surface area contributed by atoms with Crippen molar-refractivity contribution < 1.29 is 14.5 Å².